The molecule has 0 radical (unpaired) electrons. The topological polar surface area (TPSA) is 68.0 Å². The Balaban J connectivity index is 1.41. The lowest BCUT2D eigenvalue weighted by Gasteiger charge is -1.97. The highest BCUT2D eigenvalue weighted by molar-refractivity contribution is 7.15. The van der Waals surface area contributed by atoms with Crippen LogP contribution in [0.1, 0.15) is 29.5 Å². The molecule has 126 valence electrons. The summed E-state index contributed by atoms with van der Waals surface area (Å²) in [6.45, 7) is 0. The van der Waals surface area contributed by atoms with Gasteiger partial charge in [-0.05, 0) is 43.2 Å². The quantitative estimate of drug-likeness (QED) is 0.686. The first-order valence-corrected chi connectivity index (χ1v) is 8.68. The van der Waals surface area contributed by atoms with Crippen LogP contribution in [0.25, 0.3) is 17.4 Å². The number of furan rings is 1. The van der Waals surface area contributed by atoms with Crippen LogP contribution in [0.2, 0.25) is 0 Å². The van der Waals surface area contributed by atoms with Crippen molar-refractivity contribution in [3.05, 3.63) is 59.1 Å². The molecule has 0 spiro atoms. The summed E-state index contributed by atoms with van der Waals surface area (Å²) >= 11 is 1.40. The van der Waals surface area contributed by atoms with Gasteiger partial charge in [-0.15, -0.1) is 10.2 Å². The number of carbonyl (C=O) groups excluding carboxylic acids is 1. The maximum atomic E-state index is 13.8. The van der Waals surface area contributed by atoms with E-state index in [1.165, 1.54) is 29.6 Å². The van der Waals surface area contributed by atoms with Crippen molar-refractivity contribution >= 4 is 28.5 Å². The maximum Gasteiger partial charge on any atom is 0.250 e. The van der Waals surface area contributed by atoms with Crippen molar-refractivity contribution in [3.8, 4) is 11.3 Å². The first-order chi connectivity index (χ1) is 12.2. The third-order valence-corrected chi connectivity index (χ3v) is 4.76. The highest BCUT2D eigenvalue weighted by Crippen LogP contribution is 2.42. The van der Waals surface area contributed by atoms with E-state index in [4.69, 9.17) is 4.42 Å². The van der Waals surface area contributed by atoms with Gasteiger partial charge in [-0.1, -0.05) is 23.5 Å². The second-order valence-electron chi connectivity index (χ2n) is 5.72. The van der Waals surface area contributed by atoms with Gasteiger partial charge in [0.1, 0.15) is 22.3 Å². The average Bonchev–Trinajstić information content (AvgIpc) is 3.17. The van der Waals surface area contributed by atoms with E-state index >= 15 is 0 Å². The van der Waals surface area contributed by atoms with Crippen LogP contribution in [-0.2, 0) is 4.79 Å². The SMILES string of the molecule is O=C(/C=C/c1ccc(-c2ccccc2F)o1)Nc1nnc(C2CC2)s1. The molecule has 7 heteroatoms. The number of hydrogen-bond donors (Lipinski definition) is 1. The molecule has 1 aliphatic carbocycles. The fourth-order valence-corrected chi connectivity index (χ4v) is 3.25. The predicted octanol–water partition coefficient (Wildman–Crippen LogP) is 4.47. The molecule has 1 aliphatic rings. The van der Waals surface area contributed by atoms with Crippen LogP contribution < -0.4 is 5.32 Å². The summed E-state index contributed by atoms with van der Waals surface area (Å²) in [6, 6.07) is 9.72. The van der Waals surface area contributed by atoms with Crippen LogP contribution in [0.3, 0.4) is 0 Å². The molecule has 1 fully saturated rings. The Kier molecular flexibility index (Phi) is 4.15. The summed E-state index contributed by atoms with van der Waals surface area (Å²) in [5, 5.41) is 12.2. The minimum absolute atomic E-state index is 0.317. The van der Waals surface area contributed by atoms with Gasteiger partial charge in [-0.25, -0.2) is 4.39 Å². The van der Waals surface area contributed by atoms with E-state index in [9.17, 15) is 9.18 Å². The minimum atomic E-state index is -0.354. The molecule has 5 nitrogen and oxygen atoms in total. The largest absolute Gasteiger partial charge is 0.457 e. The van der Waals surface area contributed by atoms with Crippen molar-refractivity contribution < 1.29 is 13.6 Å². The highest BCUT2D eigenvalue weighted by Gasteiger charge is 2.27. The summed E-state index contributed by atoms with van der Waals surface area (Å²) in [5.41, 5.74) is 0.382. The fraction of sp³-hybridized carbons (Fsp3) is 0.167. The zero-order valence-electron chi connectivity index (χ0n) is 13.1. The van der Waals surface area contributed by atoms with Crippen molar-refractivity contribution in [1.29, 1.82) is 0 Å². The monoisotopic (exact) mass is 355 g/mol. The highest BCUT2D eigenvalue weighted by atomic mass is 32.1. The molecular weight excluding hydrogens is 341 g/mol. The van der Waals surface area contributed by atoms with Gasteiger partial charge in [0.2, 0.25) is 11.0 Å². The Morgan fingerprint density at radius 1 is 1.24 bits per heavy atom. The van der Waals surface area contributed by atoms with E-state index in [1.807, 2.05) is 0 Å². The predicted molar refractivity (Wildman–Crippen MR) is 93.6 cm³/mol. The number of hydrogen-bond acceptors (Lipinski definition) is 5. The number of nitrogens with zero attached hydrogens (tertiary/aromatic N) is 2. The van der Waals surface area contributed by atoms with E-state index in [0.29, 0.717) is 28.1 Å². The number of amides is 1. The van der Waals surface area contributed by atoms with E-state index < -0.39 is 0 Å². The van der Waals surface area contributed by atoms with Crippen LogP contribution in [0.15, 0.2) is 46.9 Å². The second kappa shape index (κ2) is 6.60. The molecule has 0 aliphatic heterocycles. The molecular formula is C18H14FN3O2S. The third-order valence-electron chi connectivity index (χ3n) is 3.76. The molecule has 0 saturated heterocycles. The van der Waals surface area contributed by atoms with E-state index in [0.717, 1.165) is 17.8 Å². The maximum absolute atomic E-state index is 13.8. The van der Waals surface area contributed by atoms with Crippen LogP contribution >= 0.6 is 11.3 Å². The third kappa shape index (κ3) is 3.66. The average molecular weight is 355 g/mol. The number of nitrogens with one attached hydrogen (secondary N) is 1. The number of halogens is 1. The van der Waals surface area contributed by atoms with Gasteiger partial charge < -0.3 is 4.42 Å². The number of aromatic nitrogens is 2. The van der Waals surface area contributed by atoms with Crippen molar-refractivity contribution in [2.45, 2.75) is 18.8 Å². The fourth-order valence-electron chi connectivity index (χ4n) is 2.33. The molecule has 4 rings (SSSR count). The Bertz CT molecular complexity index is 943. The summed E-state index contributed by atoms with van der Waals surface area (Å²) in [7, 11) is 0. The number of carbonyl (C=O) groups is 1. The summed E-state index contributed by atoms with van der Waals surface area (Å²) in [6.07, 6.45) is 5.17. The Morgan fingerprint density at radius 3 is 2.88 bits per heavy atom. The first-order valence-electron chi connectivity index (χ1n) is 7.86. The lowest BCUT2D eigenvalue weighted by atomic mass is 10.1. The molecule has 2 heterocycles. The molecule has 1 aromatic carbocycles. The number of anilines is 1. The van der Waals surface area contributed by atoms with Crippen molar-refractivity contribution in [1.82, 2.24) is 10.2 Å². The molecule has 3 aromatic rings. The molecule has 1 amide bonds. The smallest absolute Gasteiger partial charge is 0.250 e. The van der Waals surface area contributed by atoms with Gasteiger partial charge in [0.05, 0.1) is 5.56 Å². The van der Waals surface area contributed by atoms with Gasteiger partial charge >= 0.3 is 0 Å². The zero-order chi connectivity index (χ0) is 17.2. The van der Waals surface area contributed by atoms with E-state index in [2.05, 4.69) is 15.5 Å². The van der Waals surface area contributed by atoms with E-state index in [1.54, 1.807) is 30.3 Å². The molecule has 0 unspecified atom stereocenters. The van der Waals surface area contributed by atoms with Crippen molar-refractivity contribution in [2.75, 3.05) is 5.32 Å². The zero-order valence-corrected chi connectivity index (χ0v) is 13.9. The Labute approximate surface area is 147 Å². The van der Waals surface area contributed by atoms with Crippen LogP contribution in [0, 0.1) is 5.82 Å². The van der Waals surface area contributed by atoms with Gasteiger partial charge in [0.15, 0.2) is 0 Å². The normalized spacial score (nSPS) is 14.1. The number of benzene rings is 1. The van der Waals surface area contributed by atoms with Gasteiger partial charge in [0, 0.05) is 12.0 Å². The first kappa shape index (κ1) is 15.7. The van der Waals surface area contributed by atoms with E-state index in [-0.39, 0.29) is 11.7 Å². The standard InChI is InChI=1S/C18H14FN3O2S/c19-14-4-2-1-3-13(14)15-9-7-12(24-15)8-10-16(23)20-18-22-21-17(25-18)11-5-6-11/h1-4,7-11H,5-6H2,(H,20,22,23)/b10-8+. The molecule has 0 atom stereocenters. The Hall–Kier alpha value is -2.80. The molecule has 0 bridgehead atoms. The molecule has 25 heavy (non-hydrogen) atoms. The van der Waals surface area contributed by atoms with Crippen LogP contribution in [0.4, 0.5) is 9.52 Å². The molecule has 2 aromatic heterocycles. The van der Waals surface area contributed by atoms with Crippen LogP contribution in [-0.4, -0.2) is 16.1 Å². The lowest BCUT2D eigenvalue weighted by Crippen LogP contribution is -2.07. The second-order valence-corrected chi connectivity index (χ2v) is 6.73. The van der Waals surface area contributed by atoms with Gasteiger partial charge in [-0.2, -0.15) is 0 Å². The summed E-state index contributed by atoms with van der Waals surface area (Å²) in [4.78, 5) is 12.0. The number of rotatable bonds is 5. The van der Waals surface area contributed by atoms with Crippen LogP contribution in [0.5, 0.6) is 0 Å². The summed E-state index contributed by atoms with van der Waals surface area (Å²) in [5.74, 6) is 0.717. The van der Waals surface area contributed by atoms with Crippen molar-refractivity contribution in [2.24, 2.45) is 0 Å². The Morgan fingerprint density at radius 2 is 2.08 bits per heavy atom. The summed E-state index contributed by atoms with van der Waals surface area (Å²) < 4.78 is 19.3. The van der Waals surface area contributed by atoms with Crippen molar-refractivity contribution in [3.63, 3.8) is 0 Å². The molecule has 1 N–H and O–H groups in total. The minimum Gasteiger partial charge on any atom is -0.457 e. The van der Waals surface area contributed by atoms with Gasteiger partial charge in [-0.3, -0.25) is 10.1 Å². The molecule has 1 saturated carbocycles. The lowest BCUT2D eigenvalue weighted by molar-refractivity contribution is -0.111. The van der Waals surface area contributed by atoms with Gasteiger partial charge in [0.25, 0.3) is 0 Å².